The summed E-state index contributed by atoms with van der Waals surface area (Å²) in [5.74, 6) is 0.0366. The van der Waals surface area contributed by atoms with E-state index < -0.39 is 0 Å². The first-order valence-electron chi connectivity index (χ1n) is 7.58. The first-order chi connectivity index (χ1) is 10.5. The summed E-state index contributed by atoms with van der Waals surface area (Å²) in [6.07, 6.45) is 0.700. The van der Waals surface area contributed by atoms with Crippen LogP contribution in [-0.4, -0.2) is 65.9 Å². The van der Waals surface area contributed by atoms with Gasteiger partial charge in [0.1, 0.15) is 4.88 Å². The fraction of sp³-hybridized carbons (Fsp3) is 0.643. The Morgan fingerprint density at radius 3 is 2.55 bits per heavy atom. The first kappa shape index (κ1) is 16.7. The molecule has 7 nitrogen and oxygen atoms in total. The number of aryl methyl sites for hydroxylation is 1. The zero-order valence-corrected chi connectivity index (χ0v) is 13.9. The van der Waals surface area contributed by atoms with Gasteiger partial charge in [0.25, 0.3) is 5.91 Å². The van der Waals surface area contributed by atoms with E-state index >= 15 is 0 Å². The van der Waals surface area contributed by atoms with Crippen LogP contribution >= 0.6 is 11.3 Å². The van der Waals surface area contributed by atoms with Gasteiger partial charge in [0.05, 0.1) is 12.2 Å². The molecule has 1 saturated heterocycles. The summed E-state index contributed by atoms with van der Waals surface area (Å²) in [7, 11) is 0. The maximum Gasteiger partial charge on any atom is 0.266 e. The Morgan fingerprint density at radius 1 is 1.27 bits per heavy atom. The van der Waals surface area contributed by atoms with Crippen LogP contribution in [-0.2, 0) is 11.2 Å². The van der Waals surface area contributed by atoms with E-state index in [4.69, 9.17) is 5.73 Å². The molecule has 0 aliphatic carbocycles. The van der Waals surface area contributed by atoms with Crippen molar-refractivity contribution in [3.8, 4) is 0 Å². The number of likely N-dealkylation sites (N-methyl/N-ethyl adjacent to an activating group) is 1. The van der Waals surface area contributed by atoms with Gasteiger partial charge in [-0.15, -0.1) is 0 Å². The molecule has 0 radical (unpaired) electrons. The first-order valence-corrected chi connectivity index (χ1v) is 8.40. The van der Waals surface area contributed by atoms with E-state index in [-0.39, 0.29) is 11.8 Å². The third kappa shape index (κ3) is 3.95. The Kier molecular flexibility index (Phi) is 5.73. The number of carbonyl (C=O) groups excluding carboxylic acids is 2. The minimum atomic E-state index is 0.00343. The highest BCUT2D eigenvalue weighted by Crippen LogP contribution is 2.23. The van der Waals surface area contributed by atoms with Gasteiger partial charge in [0.15, 0.2) is 5.13 Å². The Balaban J connectivity index is 1.91. The van der Waals surface area contributed by atoms with E-state index in [1.165, 1.54) is 11.3 Å². The topological polar surface area (TPSA) is 91.6 Å². The van der Waals surface area contributed by atoms with Gasteiger partial charge in [-0.2, -0.15) is 0 Å². The van der Waals surface area contributed by atoms with Crippen LogP contribution in [0.15, 0.2) is 0 Å². The maximum absolute atomic E-state index is 12.6. The summed E-state index contributed by atoms with van der Waals surface area (Å²) in [6, 6.07) is 0. The van der Waals surface area contributed by atoms with Crippen molar-refractivity contribution in [3.05, 3.63) is 10.6 Å². The van der Waals surface area contributed by atoms with Crippen LogP contribution in [0.25, 0.3) is 0 Å². The molecule has 2 amide bonds. The van der Waals surface area contributed by atoms with Crippen LogP contribution in [0.5, 0.6) is 0 Å². The molecule has 0 saturated carbocycles. The monoisotopic (exact) mass is 325 g/mol. The quantitative estimate of drug-likeness (QED) is 0.806. The van der Waals surface area contributed by atoms with Gasteiger partial charge >= 0.3 is 0 Å². The van der Waals surface area contributed by atoms with Crippen molar-refractivity contribution in [2.45, 2.75) is 20.3 Å². The average Bonchev–Trinajstić information content (AvgIpc) is 2.88. The van der Waals surface area contributed by atoms with E-state index in [2.05, 4.69) is 15.2 Å². The zero-order chi connectivity index (χ0) is 16.1. The highest BCUT2D eigenvalue weighted by molar-refractivity contribution is 7.17. The Morgan fingerprint density at radius 2 is 1.95 bits per heavy atom. The predicted molar refractivity (Wildman–Crippen MR) is 86.9 cm³/mol. The number of amides is 2. The number of anilines is 1. The smallest absolute Gasteiger partial charge is 0.266 e. The highest BCUT2D eigenvalue weighted by Gasteiger charge is 2.26. The molecule has 1 aliphatic rings. The molecule has 1 aliphatic heterocycles. The number of piperazine rings is 1. The van der Waals surface area contributed by atoms with Crippen LogP contribution in [0.1, 0.15) is 29.2 Å². The lowest BCUT2D eigenvalue weighted by molar-refractivity contribution is -0.122. The molecule has 0 aromatic carbocycles. The minimum Gasteiger partial charge on any atom is -0.375 e. The van der Waals surface area contributed by atoms with Crippen molar-refractivity contribution in [2.24, 2.45) is 0 Å². The third-order valence-corrected chi connectivity index (χ3v) is 4.56. The molecule has 8 heteroatoms. The molecule has 1 fully saturated rings. The number of hydrogen-bond acceptors (Lipinski definition) is 6. The summed E-state index contributed by atoms with van der Waals surface area (Å²) in [4.78, 5) is 32.9. The van der Waals surface area contributed by atoms with Gasteiger partial charge in [-0.05, 0) is 13.3 Å². The van der Waals surface area contributed by atoms with Crippen LogP contribution < -0.4 is 11.1 Å². The number of rotatable bonds is 5. The summed E-state index contributed by atoms with van der Waals surface area (Å²) < 4.78 is 0. The van der Waals surface area contributed by atoms with Crippen LogP contribution in [0, 0.1) is 0 Å². The number of thiazole rings is 1. The van der Waals surface area contributed by atoms with E-state index in [1.807, 2.05) is 18.7 Å². The molecule has 0 atom stereocenters. The second-order valence-corrected chi connectivity index (χ2v) is 6.23. The van der Waals surface area contributed by atoms with Crippen LogP contribution in [0.3, 0.4) is 0 Å². The Hall–Kier alpha value is -1.67. The van der Waals surface area contributed by atoms with Crippen molar-refractivity contribution >= 4 is 28.3 Å². The molecule has 122 valence electrons. The summed E-state index contributed by atoms with van der Waals surface area (Å²) in [6.45, 7) is 7.57. The number of aromatic nitrogens is 1. The van der Waals surface area contributed by atoms with Gasteiger partial charge in [-0.1, -0.05) is 18.3 Å². The lowest BCUT2D eigenvalue weighted by Gasteiger charge is -2.34. The van der Waals surface area contributed by atoms with Crippen LogP contribution in [0.2, 0.25) is 0 Å². The second-order valence-electron chi connectivity index (χ2n) is 5.20. The number of nitrogens with one attached hydrogen (secondary N) is 1. The van der Waals surface area contributed by atoms with Gasteiger partial charge in [-0.25, -0.2) is 4.98 Å². The number of hydrogen-bond donors (Lipinski definition) is 2. The van der Waals surface area contributed by atoms with E-state index in [0.29, 0.717) is 55.7 Å². The molecule has 3 N–H and O–H groups in total. The lowest BCUT2D eigenvalue weighted by atomic mass is 10.2. The van der Waals surface area contributed by atoms with Gasteiger partial charge < -0.3 is 16.0 Å². The molecular weight excluding hydrogens is 302 g/mol. The van der Waals surface area contributed by atoms with Crippen LogP contribution in [0.4, 0.5) is 5.13 Å². The molecule has 0 bridgehead atoms. The molecule has 2 rings (SSSR count). The molecular formula is C14H23N5O2S. The summed E-state index contributed by atoms with van der Waals surface area (Å²) in [5.41, 5.74) is 6.49. The minimum absolute atomic E-state index is 0.00343. The number of carbonyl (C=O) groups is 2. The van der Waals surface area contributed by atoms with Gasteiger partial charge in [0, 0.05) is 32.7 Å². The van der Waals surface area contributed by atoms with Crippen molar-refractivity contribution in [3.63, 3.8) is 0 Å². The molecule has 1 aromatic heterocycles. The molecule has 0 spiro atoms. The molecule has 0 unspecified atom stereocenters. The largest absolute Gasteiger partial charge is 0.375 e. The molecule has 22 heavy (non-hydrogen) atoms. The Bertz CT molecular complexity index is 537. The third-order valence-electron chi connectivity index (χ3n) is 3.64. The second kappa shape index (κ2) is 7.55. The number of nitrogens with two attached hydrogens (primary N) is 1. The van der Waals surface area contributed by atoms with Crippen molar-refractivity contribution in [2.75, 3.05) is 45.0 Å². The summed E-state index contributed by atoms with van der Waals surface area (Å²) in [5, 5.41) is 3.23. The standard InChI is InChI=1S/C14H23N5O2S/c1-3-10-12(22-14(15)17-10)13(21)19-7-5-18(6-8-19)9-11(20)16-4-2/h3-9H2,1-2H3,(H2,15,17)(H,16,20). The summed E-state index contributed by atoms with van der Waals surface area (Å²) >= 11 is 1.26. The van der Waals surface area contributed by atoms with Gasteiger partial charge in [-0.3, -0.25) is 14.5 Å². The highest BCUT2D eigenvalue weighted by atomic mass is 32.1. The van der Waals surface area contributed by atoms with E-state index in [0.717, 1.165) is 5.69 Å². The predicted octanol–water partition coefficient (Wildman–Crippen LogP) is 0.182. The zero-order valence-electron chi connectivity index (χ0n) is 13.1. The van der Waals surface area contributed by atoms with E-state index in [9.17, 15) is 9.59 Å². The maximum atomic E-state index is 12.6. The Labute approximate surface area is 134 Å². The van der Waals surface area contributed by atoms with Crippen molar-refractivity contribution in [1.29, 1.82) is 0 Å². The fourth-order valence-electron chi connectivity index (χ4n) is 2.49. The van der Waals surface area contributed by atoms with Crippen molar-refractivity contribution < 1.29 is 9.59 Å². The lowest BCUT2D eigenvalue weighted by Crippen LogP contribution is -2.51. The average molecular weight is 325 g/mol. The van der Waals surface area contributed by atoms with Crippen molar-refractivity contribution in [1.82, 2.24) is 20.1 Å². The normalized spacial score (nSPS) is 15.8. The number of nitrogens with zero attached hydrogens (tertiary/aromatic N) is 3. The molecule has 1 aromatic rings. The van der Waals surface area contributed by atoms with Gasteiger partial charge in [0.2, 0.25) is 5.91 Å². The number of nitrogen functional groups attached to an aromatic ring is 1. The molecule has 2 heterocycles. The SMILES string of the molecule is CCNC(=O)CN1CCN(C(=O)c2sc(N)nc2CC)CC1. The van der Waals surface area contributed by atoms with E-state index in [1.54, 1.807) is 0 Å². The fourth-order valence-corrected chi connectivity index (χ4v) is 3.37.